The van der Waals surface area contributed by atoms with E-state index in [9.17, 15) is 18.0 Å². The Morgan fingerprint density at radius 3 is 2.64 bits per heavy atom. The van der Waals surface area contributed by atoms with Crippen LogP contribution in [0.4, 0.5) is 13.2 Å². The fourth-order valence-corrected chi connectivity index (χ4v) is 1.18. The number of aryl methyl sites for hydroxylation is 1. The fraction of sp³-hybridized carbons (Fsp3) is 0.500. The molecule has 0 saturated carbocycles. The SMILES string of the molecule is CCCn1ncc(C=O)c1C(F)(F)F. The van der Waals surface area contributed by atoms with Crippen LogP contribution in [-0.4, -0.2) is 16.1 Å². The number of aldehydes is 1. The Bertz CT molecular complexity index is 330. The van der Waals surface area contributed by atoms with Gasteiger partial charge in [0.1, 0.15) is 0 Å². The summed E-state index contributed by atoms with van der Waals surface area (Å²) in [6.07, 6.45) is -2.89. The third-order valence-electron chi connectivity index (χ3n) is 1.70. The van der Waals surface area contributed by atoms with Crippen LogP contribution in [0.25, 0.3) is 0 Å². The lowest BCUT2D eigenvalue weighted by atomic mass is 10.2. The first-order valence-electron chi connectivity index (χ1n) is 4.09. The van der Waals surface area contributed by atoms with Crippen molar-refractivity contribution in [3.8, 4) is 0 Å². The van der Waals surface area contributed by atoms with Crippen molar-refractivity contribution in [1.82, 2.24) is 9.78 Å². The van der Waals surface area contributed by atoms with Crippen molar-refractivity contribution in [3.63, 3.8) is 0 Å². The number of hydrogen-bond acceptors (Lipinski definition) is 2. The minimum atomic E-state index is -4.53. The standard InChI is InChI=1S/C8H9F3N2O/c1-2-3-13-7(8(9,10)11)6(5-14)4-12-13/h4-5H,2-3H2,1H3. The number of aromatic nitrogens is 2. The van der Waals surface area contributed by atoms with E-state index in [1.165, 1.54) is 0 Å². The Hall–Kier alpha value is -1.33. The summed E-state index contributed by atoms with van der Waals surface area (Å²) < 4.78 is 38.1. The molecule has 6 heteroatoms. The zero-order valence-electron chi connectivity index (χ0n) is 7.51. The van der Waals surface area contributed by atoms with Gasteiger partial charge in [0, 0.05) is 6.54 Å². The van der Waals surface area contributed by atoms with Crippen molar-refractivity contribution >= 4 is 6.29 Å². The predicted octanol–water partition coefficient (Wildman–Crippen LogP) is 2.12. The van der Waals surface area contributed by atoms with Gasteiger partial charge in [0.05, 0.1) is 11.8 Å². The molecule has 0 amide bonds. The van der Waals surface area contributed by atoms with E-state index < -0.39 is 17.4 Å². The second-order valence-corrected chi connectivity index (χ2v) is 2.79. The van der Waals surface area contributed by atoms with Crippen LogP contribution in [0.1, 0.15) is 29.4 Å². The Morgan fingerprint density at radius 2 is 2.21 bits per heavy atom. The fourth-order valence-electron chi connectivity index (χ4n) is 1.18. The molecular formula is C8H9F3N2O. The second-order valence-electron chi connectivity index (χ2n) is 2.79. The molecule has 0 aliphatic rings. The van der Waals surface area contributed by atoms with E-state index >= 15 is 0 Å². The molecular weight excluding hydrogens is 197 g/mol. The molecule has 0 N–H and O–H groups in total. The molecule has 1 aromatic heterocycles. The first-order chi connectivity index (χ1) is 6.50. The van der Waals surface area contributed by atoms with E-state index in [2.05, 4.69) is 5.10 Å². The van der Waals surface area contributed by atoms with Crippen LogP contribution in [0.3, 0.4) is 0 Å². The van der Waals surface area contributed by atoms with Gasteiger partial charge in [-0.1, -0.05) is 6.92 Å². The normalized spacial score (nSPS) is 11.7. The molecule has 14 heavy (non-hydrogen) atoms. The average molecular weight is 206 g/mol. The van der Waals surface area contributed by atoms with Gasteiger partial charge in [-0.05, 0) is 6.42 Å². The van der Waals surface area contributed by atoms with Crippen molar-refractivity contribution in [2.45, 2.75) is 26.1 Å². The number of carbonyl (C=O) groups is 1. The van der Waals surface area contributed by atoms with Crippen LogP contribution < -0.4 is 0 Å². The first kappa shape index (κ1) is 10.7. The Balaban J connectivity index is 3.19. The molecule has 0 saturated heterocycles. The first-order valence-corrected chi connectivity index (χ1v) is 4.09. The molecule has 1 heterocycles. The summed E-state index contributed by atoms with van der Waals surface area (Å²) in [6.45, 7) is 1.89. The molecule has 0 aliphatic heterocycles. The van der Waals surface area contributed by atoms with Crippen LogP contribution in [-0.2, 0) is 12.7 Å². The molecule has 0 aliphatic carbocycles. The van der Waals surface area contributed by atoms with E-state index in [1.54, 1.807) is 6.92 Å². The number of rotatable bonds is 3. The number of alkyl halides is 3. The average Bonchev–Trinajstić information content (AvgIpc) is 2.47. The van der Waals surface area contributed by atoms with Gasteiger partial charge >= 0.3 is 6.18 Å². The van der Waals surface area contributed by atoms with Gasteiger partial charge in [0.15, 0.2) is 12.0 Å². The monoisotopic (exact) mass is 206 g/mol. The van der Waals surface area contributed by atoms with Crippen LogP contribution in [0.15, 0.2) is 6.20 Å². The molecule has 0 atom stereocenters. The third-order valence-corrected chi connectivity index (χ3v) is 1.70. The molecule has 0 spiro atoms. The maximum atomic E-state index is 12.4. The lowest BCUT2D eigenvalue weighted by Gasteiger charge is -2.09. The van der Waals surface area contributed by atoms with Crippen molar-refractivity contribution in [3.05, 3.63) is 17.5 Å². The van der Waals surface area contributed by atoms with Crippen LogP contribution in [0.2, 0.25) is 0 Å². The molecule has 0 radical (unpaired) electrons. The van der Waals surface area contributed by atoms with Crippen molar-refractivity contribution in [1.29, 1.82) is 0 Å². The van der Waals surface area contributed by atoms with Gasteiger partial charge in [0.2, 0.25) is 0 Å². The third kappa shape index (κ3) is 1.94. The largest absolute Gasteiger partial charge is 0.433 e. The van der Waals surface area contributed by atoms with Crippen LogP contribution in [0.5, 0.6) is 0 Å². The Kier molecular flexibility index (Phi) is 2.93. The minimum absolute atomic E-state index is 0.155. The number of carbonyl (C=O) groups excluding carboxylic acids is 1. The summed E-state index contributed by atoms with van der Waals surface area (Å²) in [5, 5.41) is 3.51. The zero-order valence-corrected chi connectivity index (χ0v) is 7.51. The molecule has 1 aromatic rings. The van der Waals surface area contributed by atoms with Gasteiger partial charge in [-0.3, -0.25) is 9.48 Å². The van der Waals surface area contributed by atoms with E-state index in [-0.39, 0.29) is 12.8 Å². The number of halogens is 3. The molecule has 0 bridgehead atoms. The Labute approximate surface area is 78.5 Å². The topological polar surface area (TPSA) is 34.9 Å². The summed E-state index contributed by atoms with van der Waals surface area (Å²) in [4.78, 5) is 10.3. The molecule has 0 unspecified atom stereocenters. The van der Waals surface area contributed by atoms with Crippen molar-refractivity contribution in [2.24, 2.45) is 0 Å². The maximum Gasteiger partial charge on any atom is 0.433 e. The summed E-state index contributed by atoms with van der Waals surface area (Å²) in [6, 6.07) is 0. The Morgan fingerprint density at radius 1 is 1.57 bits per heavy atom. The van der Waals surface area contributed by atoms with Crippen LogP contribution in [0, 0.1) is 0 Å². The lowest BCUT2D eigenvalue weighted by Crippen LogP contribution is -2.16. The van der Waals surface area contributed by atoms with E-state index in [0.717, 1.165) is 10.9 Å². The molecule has 1 rings (SSSR count). The molecule has 3 nitrogen and oxygen atoms in total. The predicted molar refractivity (Wildman–Crippen MR) is 42.9 cm³/mol. The van der Waals surface area contributed by atoms with Gasteiger partial charge in [-0.2, -0.15) is 18.3 Å². The highest BCUT2D eigenvalue weighted by atomic mass is 19.4. The summed E-state index contributed by atoms with van der Waals surface area (Å²) in [5.41, 5.74) is -1.37. The van der Waals surface area contributed by atoms with Crippen molar-refractivity contribution < 1.29 is 18.0 Å². The summed E-state index contributed by atoms with van der Waals surface area (Å²) >= 11 is 0. The van der Waals surface area contributed by atoms with E-state index in [4.69, 9.17) is 0 Å². The molecule has 78 valence electrons. The zero-order chi connectivity index (χ0) is 10.8. The highest BCUT2D eigenvalue weighted by Gasteiger charge is 2.37. The van der Waals surface area contributed by atoms with Gasteiger partial charge in [-0.15, -0.1) is 0 Å². The smallest absolute Gasteiger partial charge is 0.298 e. The van der Waals surface area contributed by atoms with Gasteiger partial charge in [0.25, 0.3) is 0 Å². The highest BCUT2D eigenvalue weighted by Crippen LogP contribution is 2.31. The van der Waals surface area contributed by atoms with Gasteiger partial charge in [-0.25, -0.2) is 0 Å². The molecule has 0 aromatic carbocycles. The lowest BCUT2D eigenvalue weighted by molar-refractivity contribution is -0.144. The minimum Gasteiger partial charge on any atom is -0.298 e. The van der Waals surface area contributed by atoms with E-state index in [1.807, 2.05) is 0 Å². The number of hydrogen-bond donors (Lipinski definition) is 0. The summed E-state index contributed by atoms with van der Waals surface area (Å²) in [5.74, 6) is 0. The summed E-state index contributed by atoms with van der Waals surface area (Å²) in [7, 11) is 0. The highest BCUT2D eigenvalue weighted by molar-refractivity contribution is 5.76. The van der Waals surface area contributed by atoms with E-state index in [0.29, 0.717) is 6.42 Å². The number of nitrogens with zero attached hydrogens (tertiary/aromatic N) is 2. The van der Waals surface area contributed by atoms with Crippen molar-refractivity contribution in [2.75, 3.05) is 0 Å². The second kappa shape index (κ2) is 3.81. The quantitative estimate of drug-likeness (QED) is 0.710. The maximum absolute atomic E-state index is 12.4. The molecule has 0 fully saturated rings. The van der Waals surface area contributed by atoms with Crippen LogP contribution >= 0.6 is 0 Å². The van der Waals surface area contributed by atoms with Gasteiger partial charge < -0.3 is 0 Å².